The molecule has 0 fully saturated rings. The lowest BCUT2D eigenvalue weighted by atomic mass is 10.1. The average Bonchev–Trinajstić information content (AvgIpc) is 3.06. The topological polar surface area (TPSA) is 38.9 Å². The number of nitrogens with zero attached hydrogens (tertiary/aromatic N) is 2. The molecule has 0 unspecified atom stereocenters. The molecule has 0 radical (unpaired) electrons. The quantitative estimate of drug-likeness (QED) is 0.345. The summed E-state index contributed by atoms with van der Waals surface area (Å²) >= 11 is 6.27. The Morgan fingerprint density at radius 2 is 1.42 bits per heavy atom. The van der Waals surface area contributed by atoms with E-state index in [1.54, 1.807) is 6.07 Å². The predicted octanol–water partition coefficient (Wildman–Crippen LogP) is 6.36. The van der Waals surface area contributed by atoms with Gasteiger partial charge < -0.3 is 4.42 Å². The van der Waals surface area contributed by atoms with Crippen molar-refractivity contribution in [1.29, 1.82) is 0 Å². The monoisotopic (exact) mass is 356 g/mol. The van der Waals surface area contributed by atoms with Crippen LogP contribution in [0.2, 0.25) is 5.15 Å². The molecule has 0 aliphatic heterocycles. The first-order chi connectivity index (χ1) is 12.8. The molecule has 0 atom stereocenters. The van der Waals surface area contributed by atoms with Gasteiger partial charge in [-0.1, -0.05) is 60.1 Å². The van der Waals surface area contributed by atoms with Gasteiger partial charge in [0.1, 0.15) is 16.3 Å². The van der Waals surface area contributed by atoms with Gasteiger partial charge in [-0.15, -0.1) is 0 Å². The largest absolute Gasteiger partial charge is 0.456 e. The molecule has 0 saturated heterocycles. The van der Waals surface area contributed by atoms with E-state index in [1.807, 2.05) is 60.7 Å². The molecule has 0 bridgehead atoms. The van der Waals surface area contributed by atoms with E-state index in [0.29, 0.717) is 11.0 Å². The maximum Gasteiger partial charge on any atom is 0.161 e. The van der Waals surface area contributed by atoms with Crippen LogP contribution in [0.3, 0.4) is 0 Å². The maximum absolute atomic E-state index is 6.27. The highest BCUT2D eigenvalue weighted by atomic mass is 35.5. The number of hydrogen-bond acceptors (Lipinski definition) is 3. The van der Waals surface area contributed by atoms with Gasteiger partial charge in [-0.05, 0) is 24.3 Å². The van der Waals surface area contributed by atoms with E-state index in [1.165, 1.54) is 0 Å². The summed E-state index contributed by atoms with van der Waals surface area (Å²) in [6, 6.07) is 25.7. The Labute approximate surface area is 154 Å². The summed E-state index contributed by atoms with van der Waals surface area (Å²) in [5.41, 5.74) is 4.44. The van der Waals surface area contributed by atoms with E-state index < -0.39 is 0 Å². The molecule has 0 spiro atoms. The molecule has 0 aliphatic carbocycles. The number of benzene rings is 3. The van der Waals surface area contributed by atoms with Gasteiger partial charge in [0, 0.05) is 28.0 Å². The van der Waals surface area contributed by atoms with Gasteiger partial charge >= 0.3 is 0 Å². The molecule has 3 aromatic carbocycles. The second-order valence-electron chi connectivity index (χ2n) is 6.07. The zero-order chi connectivity index (χ0) is 17.5. The summed E-state index contributed by atoms with van der Waals surface area (Å²) in [6.45, 7) is 0. The van der Waals surface area contributed by atoms with Crippen molar-refractivity contribution in [1.82, 2.24) is 9.97 Å². The molecule has 0 N–H and O–H groups in total. The number of fused-ring (bicyclic) bond motifs is 3. The van der Waals surface area contributed by atoms with Crippen LogP contribution < -0.4 is 0 Å². The third-order valence-electron chi connectivity index (χ3n) is 4.40. The minimum absolute atomic E-state index is 0.422. The van der Waals surface area contributed by atoms with Crippen molar-refractivity contribution in [3.8, 4) is 22.6 Å². The van der Waals surface area contributed by atoms with Gasteiger partial charge in [-0.2, -0.15) is 0 Å². The Bertz CT molecular complexity index is 1250. The molecule has 4 heteroatoms. The molecule has 2 heterocycles. The molecule has 0 aliphatic rings. The maximum atomic E-state index is 6.27. The van der Waals surface area contributed by atoms with Crippen molar-refractivity contribution in [2.75, 3.05) is 0 Å². The summed E-state index contributed by atoms with van der Waals surface area (Å²) in [6.07, 6.45) is 0. The van der Waals surface area contributed by atoms with Crippen LogP contribution in [0.1, 0.15) is 0 Å². The van der Waals surface area contributed by atoms with E-state index in [2.05, 4.69) is 17.1 Å². The molecule has 3 nitrogen and oxygen atoms in total. The van der Waals surface area contributed by atoms with Gasteiger partial charge in [0.25, 0.3) is 0 Å². The smallest absolute Gasteiger partial charge is 0.161 e. The highest BCUT2D eigenvalue weighted by Gasteiger charge is 2.11. The first-order valence-electron chi connectivity index (χ1n) is 8.30. The van der Waals surface area contributed by atoms with E-state index in [9.17, 15) is 0 Å². The lowest BCUT2D eigenvalue weighted by molar-refractivity contribution is 0.669. The highest BCUT2D eigenvalue weighted by Crippen LogP contribution is 2.32. The van der Waals surface area contributed by atoms with Crippen molar-refractivity contribution in [2.24, 2.45) is 0 Å². The lowest BCUT2D eigenvalue weighted by Gasteiger charge is -2.06. The Hall–Kier alpha value is -3.17. The van der Waals surface area contributed by atoms with E-state index in [0.717, 1.165) is 38.8 Å². The highest BCUT2D eigenvalue weighted by molar-refractivity contribution is 6.29. The zero-order valence-corrected chi connectivity index (χ0v) is 14.4. The molecule has 2 aromatic heterocycles. The van der Waals surface area contributed by atoms with Crippen LogP contribution in [0, 0.1) is 0 Å². The van der Waals surface area contributed by atoms with Crippen LogP contribution in [-0.4, -0.2) is 9.97 Å². The first kappa shape index (κ1) is 15.1. The van der Waals surface area contributed by atoms with Gasteiger partial charge in [0.2, 0.25) is 0 Å². The summed E-state index contributed by atoms with van der Waals surface area (Å²) in [7, 11) is 0. The van der Waals surface area contributed by atoms with Crippen molar-refractivity contribution in [3.63, 3.8) is 0 Å². The zero-order valence-electron chi connectivity index (χ0n) is 13.7. The first-order valence-corrected chi connectivity index (χ1v) is 8.67. The summed E-state index contributed by atoms with van der Waals surface area (Å²) in [4.78, 5) is 9.14. The number of hydrogen-bond donors (Lipinski definition) is 0. The van der Waals surface area contributed by atoms with Gasteiger partial charge in [-0.3, -0.25) is 0 Å². The normalized spacial score (nSPS) is 11.3. The van der Waals surface area contributed by atoms with Crippen LogP contribution in [0.25, 0.3) is 44.6 Å². The second-order valence-corrected chi connectivity index (χ2v) is 6.46. The fourth-order valence-electron chi connectivity index (χ4n) is 3.17. The Morgan fingerprint density at radius 1 is 0.654 bits per heavy atom. The van der Waals surface area contributed by atoms with Crippen molar-refractivity contribution in [2.45, 2.75) is 0 Å². The molecule has 0 amide bonds. The SMILES string of the molecule is Clc1cc(-c2ccccc2)nc(-c2ccc3oc4ccccc4c3c2)n1. The molecule has 5 aromatic rings. The lowest BCUT2D eigenvalue weighted by Crippen LogP contribution is -1.93. The fraction of sp³-hybridized carbons (Fsp3) is 0. The Kier molecular flexibility index (Phi) is 3.47. The number of halogens is 1. The summed E-state index contributed by atoms with van der Waals surface area (Å²) < 4.78 is 5.89. The van der Waals surface area contributed by atoms with E-state index in [4.69, 9.17) is 21.0 Å². The summed E-state index contributed by atoms with van der Waals surface area (Å²) in [5.74, 6) is 0.600. The molecule has 26 heavy (non-hydrogen) atoms. The standard InChI is InChI=1S/C22H13ClN2O/c23-21-13-18(14-6-2-1-3-7-14)24-22(25-21)15-10-11-20-17(12-15)16-8-4-5-9-19(16)26-20/h1-13H. The molecule has 124 valence electrons. The van der Waals surface area contributed by atoms with Crippen molar-refractivity contribution in [3.05, 3.63) is 84.0 Å². The van der Waals surface area contributed by atoms with E-state index in [-0.39, 0.29) is 0 Å². The molecule has 0 saturated carbocycles. The van der Waals surface area contributed by atoms with Crippen LogP contribution in [0.5, 0.6) is 0 Å². The van der Waals surface area contributed by atoms with Crippen LogP contribution in [0.4, 0.5) is 0 Å². The summed E-state index contributed by atoms with van der Waals surface area (Å²) in [5, 5.41) is 2.54. The van der Waals surface area contributed by atoms with E-state index >= 15 is 0 Å². The average molecular weight is 357 g/mol. The third kappa shape index (κ3) is 2.54. The minimum atomic E-state index is 0.422. The minimum Gasteiger partial charge on any atom is -0.456 e. The van der Waals surface area contributed by atoms with Gasteiger partial charge in [-0.25, -0.2) is 9.97 Å². The van der Waals surface area contributed by atoms with Crippen LogP contribution in [-0.2, 0) is 0 Å². The fourth-order valence-corrected chi connectivity index (χ4v) is 3.35. The van der Waals surface area contributed by atoms with Crippen molar-refractivity contribution < 1.29 is 4.42 Å². The second kappa shape index (κ2) is 5.97. The number of aromatic nitrogens is 2. The van der Waals surface area contributed by atoms with Crippen LogP contribution in [0.15, 0.2) is 83.3 Å². The van der Waals surface area contributed by atoms with Crippen molar-refractivity contribution >= 4 is 33.5 Å². The van der Waals surface area contributed by atoms with Gasteiger partial charge in [0.05, 0.1) is 5.69 Å². The number of furan rings is 1. The number of para-hydroxylation sites is 1. The Morgan fingerprint density at radius 3 is 2.31 bits per heavy atom. The molecular formula is C22H13ClN2O. The number of rotatable bonds is 2. The third-order valence-corrected chi connectivity index (χ3v) is 4.59. The van der Waals surface area contributed by atoms with Gasteiger partial charge in [0.15, 0.2) is 5.82 Å². The molecule has 5 rings (SSSR count). The van der Waals surface area contributed by atoms with Crippen LogP contribution >= 0.6 is 11.6 Å². The Balaban J connectivity index is 1.70. The molecular weight excluding hydrogens is 344 g/mol. The predicted molar refractivity (Wildman–Crippen MR) is 105 cm³/mol.